The molecule has 0 fully saturated rings. The van der Waals surface area contributed by atoms with Crippen LogP contribution in [0, 0.1) is 5.41 Å². The Kier molecular flexibility index (Phi) is 6.52. The highest BCUT2D eigenvalue weighted by Crippen LogP contribution is 2.17. The molecule has 0 bridgehead atoms. The molecular formula is C11H23NO3. The van der Waals surface area contributed by atoms with Crippen LogP contribution in [-0.4, -0.2) is 32.3 Å². The molecule has 4 heteroatoms. The highest BCUT2D eigenvalue weighted by Gasteiger charge is 2.13. The zero-order valence-corrected chi connectivity index (χ0v) is 10.2. The maximum Gasteiger partial charge on any atom is 0.322 e. The van der Waals surface area contributed by atoms with Crippen molar-refractivity contribution in [3.8, 4) is 0 Å². The van der Waals surface area contributed by atoms with Gasteiger partial charge in [0.1, 0.15) is 6.04 Å². The van der Waals surface area contributed by atoms with Crippen LogP contribution < -0.4 is 5.73 Å². The Bertz CT molecular complexity index is 187. The van der Waals surface area contributed by atoms with E-state index < -0.39 is 6.04 Å². The smallest absolute Gasteiger partial charge is 0.322 e. The SMILES string of the molecule is COC(=O)C(N)CCOCCC(C)(C)C. The van der Waals surface area contributed by atoms with Gasteiger partial charge in [0.25, 0.3) is 0 Å². The molecule has 0 aromatic heterocycles. The maximum atomic E-state index is 10.9. The minimum Gasteiger partial charge on any atom is -0.468 e. The van der Waals surface area contributed by atoms with E-state index in [0.717, 1.165) is 6.42 Å². The van der Waals surface area contributed by atoms with Crippen molar-refractivity contribution in [2.24, 2.45) is 11.1 Å². The second-order valence-corrected chi connectivity index (χ2v) is 4.84. The second-order valence-electron chi connectivity index (χ2n) is 4.84. The Hall–Kier alpha value is -0.610. The molecule has 0 amide bonds. The maximum absolute atomic E-state index is 10.9. The van der Waals surface area contributed by atoms with E-state index in [4.69, 9.17) is 10.5 Å². The standard InChI is InChI=1S/C11H23NO3/c1-11(2,3)6-8-15-7-5-9(12)10(13)14-4/h9H,5-8,12H2,1-4H3. The van der Waals surface area contributed by atoms with Gasteiger partial charge in [0, 0.05) is 13.2 Å². The number of nitrogens with two attached hydrogens (primary N) is 1. The van der Waals surface area contributed by atoms with Gasteiger partial charge in [0.2, 0.25) is 0 Å². The summed E-state index contributed by atoms with van der Waals surface area (Å²) in [6, 6.07) is -0.565. The molecule has 0 saturated carbocycles. The van der Waals surface area contributed by atoms with Crippen LogP contribution in [0.4, 0.5) is 0 Å². The summed E-state index contributed by atoms with van der Waals surface area (Å²) in [5, 5.41) is 0. The quantitative estimate of drug-likeness (QED) is 0.538. The van der Waals surface area contributed by atoms with E-state index in [9.17, 15) is 4.79 Å². The molecule has 15 heavy (non-hydrogen) atoms. The summed E-state index contributed by atoms with van der Waals surface area (Å²) >= 11 is 0. The van der Waals surface area contributed by atoms with E-state index in [0.29, 0.717) is 19.6 Å². The Morgan fingerprint density at radius 1 is 1.33 bits per heavy atom. The summed E-state index contributed by atoms with van der Waals surface area (Å²) < 4.78 is 9.89. The predicted octanol–water partition coefficient (Wildman–Crippen LogP) is 1.33. The van der Waals surface area contributed by atoms with Crippen molar-refractivity contribution in [3.05, 3.63) is 0 Å². The van der Waals surface area contributed by atoms with Gasteiger partial charge in [0.15, 0.2) is 0 Å². The van der Waals surface area contributed by atoms with Gasteiger partial charge in [-0.15, -0.1) is 0 Å². The van der Waals surface area contributed by atoms with E-state index in [2.05, 4.69) is 25.5 Å². The molecule has 2 N–H and O–H groups in total. The number of methoxy groups -OCH3 is 1. The molecule has 4 nitrogen and oxygen atoms in total. The first-order valence-electron chi connectivity index (χ1n) is 5.28. The summed E-state index contributed by atoms with van der Waals surface area (Å²) in [6.07, 6.45) is 1.51. The summed E-state index contributed by atoms with van der Waals surface area (Å²) in [6.45, 7) is 7.70. The molecule has 0 spiro atoms. The molecule has 1 unspecified atom stereocenters. The Morgan fingerprint density at radius 3 is 2.40 bits per heavy atom. The third kappa shape index (κ3) is 8.39. The number of carbonyl (C=O) groups is 1. The van der Waals surface area contributed by atoms with Crippen LogP contribution in [0.5, 0.6) is 0 Å². The number of hydrogen-bond donors (Lipinski definition) is 1. The molecule has 90 valence electrons. The third-order valence-electron chi connectivity index (χ3n) is 2.07. The molecule has 0 radical (unpaired) electrons. The fraction of sp³-hybridized carbons (Fsp3) is 0.909. The van der Waals surface area contributed by atoms with Gasteiger partial charge in [-0.1, -0.05) is 20.8 Å². The summed E-state index contributed by atoms with van der Waals surface area (Å²) in [4.78, 5) is 10.9. The fourth-order valence-electron chi connectivity index (χ4n) is 0.960. The van der Waals surface area contributed by atoms with Gasteiger partial charge in [-0.2, -0.15) is 0 Å². The second kappa shape index (κ2) is 6.80. The predicted molar refractivity (Wildman–Crippen MR) is 59.5 cm³/mol. The van der Waals surface area contributed by atoms with Crippen molar-refractivity contribution in [2.45, 2.75) is 39.7 Å². The lowest BCUT2D eigenvalue weighted by atomic mass is 9.93. The van der Waals surface area contributed by atoms with Crippen molar-refractivity contribution in [3.63, 3.8) is 0 Å². The van der Waals surface area contributed by atoms with Crippen molar-refractivity contribution < 1.29 is 14.3 Å². The normalized spacial score (nSPS) is 13.7. The summed E-state index contributed by atoms with van der Waals surface area (Å²) in [7, 11) is 1.34. The number of carbonyl (C=O) groups excluding carboxylic acids is 1. The third-order valence-corrected chi connectivity index (χ3v) is 2.07. The molecule has 0 aromatic rings. The van der Waals surface area contributed by atoms with E-state index in [-0.39, 0.29) is 11.4 Å². The van der Waals surface area contributed by atoms with E-state index in [1.165, 1.54) is 7.11 Å². The Morgan fingerprint density at radius 2 is 1.93 bits per heavy atom. The molecule has 0 aliphatic heterocycles. The highest BCUT2D eigenvalue weighted by atomic mass is 16.5. The molecule has 0 saturated heterocycles. The lowest BCUT2D eigenvalue weighted by Crippen LogP contribution is -2.32. The van der Waals surface area contributed by atoms with Crippen molar-refractivity contribution >= 4 is 5.97 Å². The zero-order chi connectivity index (χ0) is 11.9. The average Bonchev–Trinajstić information content (AvgIpc) is 2.14. The van der Waals surface area contributed by atoms with E-state index in [1.807, 2.05) is 0 Å². The van der Waals surface area contributed by atoms with E-state index in [1.54, 1.807) is 0 Å². The monoisotopic (exact) mass is 217 g/mol. The average molecular weight is 217 g/mol. The van der Waals surface area contributed by atoms with Gasteiger partial charge >= 0.3 is 5.97 Å². The van der Waals surface area contributed by atoms with Gasteiger partial charge < -0.3 is 15.2 Å². The molecule has 1 atom stereocenters. The largest absolute Gasteiger partial charge is 0.468 e. The van der Waals surface area contributed by atoms with Crippen LogP contribution in [0.2, 0.25) is 0 Å². The zero-order valence-electron chi connectivity index (χ0n) is 10.2. The van der Waals surface area contributed by atoms with Crippen LogP contribution in [0.25, 0.3) is 0 Å². The van der Waals surface area contributed by atoms with Crippen molar-refractivity contribution in [1.29, 1.82) is 0 Å². The molecule has 0 aliphatic carbocycles. The van der Waals surface area contributed by atoms with Crippen molar-refractivity contribution in [1.82, 2.24) is 0 Å². The lowest BCUT2D eigenvalue weighted by Gasteiger charge is -2.18. The minimum absolute atomic E-state index is 0.282. The van der Waals surface area contributed by atoms with Gasteiger partial charge in [-0.05, 0) is 18.3 Å². The van der Waals surface area contributed by atoms with Gasteiger partial charge in [-0.3, -0.25) is 4.79 Å². The molecular weight excluding hydrogens is 194 g/mol. The van der Waals surface area contributed by atoms with E-state index >= 15 is 0 Å². The van der Waals surface area contributed by atoms with Crippen LogP contribution >= 0.6 is 0 Å². The molecule has 0 rings (SSSR count). The number of rotatable bonds is 6. The number of hydrogen-bond acceptors (Lipinski definition) is 4. The minimum atomic E-state index is -0.565. The van der Waals surface area contributed by atoms with Crippen LogP contribution in [0.1, 0.15) is 33.6 Å². The first kappa shape index (κ1) is 14.4. The first-order chi connectivity index (χ1) is 6.87. The van der Waals surface area contributed by atoms with Gasteiger partial charge in [-0.25, -0.2) is 0 Å². The first-order valence-corrected chi connectivity index (χ1v) is 5.28. The fourth-order valence-corrected chi connectivity index (χ4v) is 0.960. The van der Waals surface area contributed by atoms with Crippen LogP contribution in [0.15, 0.2) is 0 Å². The van der Waals surface area contributed by atoms with Crippen LogP contribution in [0.3, 0.4) is 0 Å². The lowest BCUT2D eigenvalue weighted by molar-refractivity contribution is -0.142. The Balaban J connectivity index is 3.43. The topological polar surface area (TPSA) is 61.5 Å². The summed E-state index contributed by atoms with van der Waals surface area (Å²) in [5.41, 5.74) is 5.82. The van der Waals surface area contributed by atoms with Crippen molar-refractivity contribution in [2.75, 3.05) is 20.3 Å². The number of ether oxygens (including phenoxy) is 2. The van der Waals surface area contributed by atoms with Crippen LogP contribution in [-0.2, 0) is 14.3 Å². The summed E-state index contributed by atoms with van der Waals surface area (Å²) in [5.74, 6) is -0.380. The van der Waals surface area contributed by atoms with Gasteiger partial charge in [0.05, 0.1) is 7.11 Å². The molecule has 0 aliphatic rings. The Labute approximate surface area is 92.1 Å². The molecule has 0 heterocycles. The molecule has 0 aromatic carbocycles. The highest BCUT2D eigenvalue weighted by molar-refractivity contribution is 5.75. The number of esters is 1.